The van der Waals surface area contributed by atoms with E-state index in [9.17, 15) is 9.59 Å². The van der Waals surface area contributed by atoms with Gasteiger partial charge in [0.15, 0.2) is 0 Å². The van der Waals surface area contributed by atoms with E-state index in [4.69, 9.17) is 4.74 Å². The van der Waals surface area contributed by atoms with Crippen LogP contribution in [0.3, 0.4) is 0 Å². The first-order valence-electron chi connectivity index (χ1n) is 6.15. The van der Waals surface area contributed by atoms with Gasteiger partial charge >= 0.3 is 0 Å². The molecule has 0 bridgehead atoms. The first-order chi connectivity index (χ1) is 7.91. The van der Waals surface area contributed by atoms with E-state index in [1.165, 1.54) is 0 Å². The maximum absolute atomic E-state index is 11.9. The van der Waals surface area contributed by atoms with Gasteiger partial charge in [0.25, 0.3) is 0 Å². The zero-order valence-electron chi connectivity index (χ0n) is 10.7. The predicted molar refractivity (Wildman–Crippen MR) is 62.4 cm³/mol. The van der Waals surface area contributed by atoms with Crippen LogP contribution in [0.1, 0.15) is 33.6 Å². The Kier molecular flexibility index (Phi) is 3.12. The molecular formula is C12H20N2O3. The van der Waals surface area contributed by atoms with Crippen molar-refractivity contribution >= 4 is 11.8 Å². The number of piperazine rings is 1. The molecule has 0 spiro atoms. The van der Waals surface area contributed by atoms with Crippen LogP contribution in [0, 0.1) is 0 Å². The van der Waals surface area contributed by atoms with Gasteiger partial charge in [0, 0.05) is 6.54 Å². The van der Waals surface area contributed by atoms with Crippen molar-refractivity contribution in [2.24, 2.45) is 0 Å². The number of hydrogen-bond acceptors (Lipinski definition) is 3. The minimum atomic E-state index is -0.773. The van der Waals surface area contributed by atoms with Crippen LogP contribution in [0.15, 0.2) is 0 Å². The summed E-state index contributed by atoms with van der Waals surface area (Å²) in [6.07, 6.45) is 2.32. The Balaban J connectivity index is 2.06. The Hall–Kier alpha value is -1.10. The molecule has 96 valence electrons. The predicted octanol–water partition coefficient (Wildman–Crippen LogP) is 0.291. The minimum absolute atomic E-state index is 0.0299. The summed E-state index contributed by atoms with van der Waals surface area (Å²) in [7, 11) is 0. The molecule has 2 unspecified atom stereocenters. The van der Waals surface area contributed by atoms with Gasteiger partial charge in [-0.1, -0.05) is 0 Å². The van der Waals surface area contributed by atoms with Crippen LogP contribution in [0.2, 0.25) is 0 Å². The molecule has 0 aliphatic carbocycles. The number of carbonyl (C=O) groups is 2. The molecule has 0 aromatic heterocycles. The highest BCUT2D eigenvalue weighted by molar-refractivity contribution is 5.97. The third-order valence-electron chi connectivity index (χ3n) is 3.64. The quantitative estimate of drug-likeness (QED) is 0.755. The number of nitrogens with zero attached hydrogens (tertiary/aromatic N) is 1. The van der Waals surface area contributed by atoms with Crippen molar-refractivity contribution in [2.75, 3.05) is 13.1 Å². The molecule has 0 saturated carbocycles. The molecule has 2 heterocycles. The Morgan fingerprint density at radius 1 is 1.41 bits per heavy atom. The Labute approximate surface area is 101 Å². The molecule has 1 N–H and O–H groups in total. The summed E-state index contributed by atoms with van der Waals surface area (Å²) in [6, 6.07) is 0. The highest BCUT2D eigenvalue weighted by atomic mass is 16.5. The van der Waals surface area contributed by atoms with Gasteiger partial charge < -0.3 is 15.0 Å². The van der Waals surface area contributed by atoms with Crippen molar-refractivity contribution in [3.8, 4) is 0 Å². The van der Waals surface area contributed by atoms with Crippen molar-refractivity contribution in [3.05, 3.63) is 0 Å². The van der Waals surface area contributed by atoms with E-state index in [-0.39, 0.29) is 30.6 Å². The Morgan fingerprint density at radius 2 is 2.12 bits per heavy atom. The lowest BCUT2D eigenvalue weighted by atomic mass is 9.97. The Bertz CT molecular complexity index is 341. The van der Waals surface area contributed by atoms with E-state index in [0.29, 0.717) is 6.54 Å². The standard InChI is InChI=1S/C12H20N2O3/c1-8-4-5-9(17-8)7-14-10(15)6-13-11(16)12(14,2)3/h8-9H,4-7H2,1-3H3,(H,13,16). The van der Waals surface area contributed by atoms with Crippen molar-refractivity contribution in [3.63, 3.8) is 0 Å². The highest BCUT2D eigenvalue weighted by Gasteiger charge is 2.43. The smallest absolute Gasteiger partial charge is 0.245 e. The average molecular weight is 240 g/mol. The summed E-state index contributed by atoms with van der Waals surface area (Å²) in [4.78, 5) is 25.3. The lowest BCUT2D eigenvalue weighted by molar-refractivity contribution is -0.153. The maximum atomic E-state index is 11.9. The number of ether oxygens (including phenoxy) is 1. The average Bonchev–Trinajstić information content (AvgIpc) is 2.66. The van der Waals surface area contributed by atoms with Crippen molar-refractivity contribution in [2.45, 2.75) is 51.4 Å². The van der Waals surface area contributed by atoms with Crippen LogP contribution in [0.4, 0.5) is 0 Å². The van der Waals surface area contributed by atoms with Crippen LogP contribution in [0.5, 0.6) is 0 Å². The SMILES string of the molecule is CC1CCC(CN2C(=O)CNC(=O)C2(C)C)O1. The molecule has 0 aromatic carbocycles. The molecule has 0 aromatic rings. The molecular weight excluding hydrogens is 220 g/mol. The van der Waals surface area contributed by atoms with Gasteiger partial charge in [0.1, 0.15) is 5.54 Å². The van der Waals surface area contributed by atoms with E-state index < -0.39 is 5.54 Å². The fraction of sp³-hybridized carbons (Fsp3) is 0.833. The van der Waals surface area contributed by atoms with Gasteiger partial charge in [0.2, 0.25) is 11.8 Å². The van der Waals surface area contributed by atoms with Gasteiger partial charge in [-0.25, -0.2) is 0 Å². The lowest BCUT2D eigenvalue weighted by Crippen LogP contribution is -2.65. The molecule has 2 aliphatic heterocycles. The molecule has 17 heavy (non-hydrogen) atoms. The zero-order valence-corrected chi connectivity index (χ0v) is 10.7. The summed E-state index contributed by atoms with van der Waals surface area (Å²) in [6.45, 7) is 6.21. The first kappa shape index (κ1) is 12.4. The number of rotatable bonds is 2. The molecule has 2 amide bonds. The number of nitrogens with one attached hydrogen (secondary N) is 1. The second-order valence-corrected chi connectivity index (χ2v) is 5.39. The first-order valence-corrected chi connectivity index (χ1v) is 6.15. The van der Waals surface area contributed by atoms with E-state index in [1.807, 2.05) is 6.92 Å². The molecule has 2 atom stereocenters. The third kappa shape index (κ3) is 2.29. The van der Waals surface area contributed by atoms with E-state index >= 15 is 0 Å². The summed E-state index contributed by atoms with van der Waals surface area (Å²) in [5.74, 6) is -0.124. The topological polar surface area (TPSA) is 58.6 Å². The fourth-order valence-corrected chi connectivity index (χ4v) is 2.46. The lowest BCUT2D eigenvalue weighted by Gasteiger charge is -2.42. The monoisotopic (exact) mass is 240 g/mol. The van der Waals surface area contributed by atoms with E-state index in [0.717, 1.165) is 12.8 Å². The summed E-state index contributed by atoms with van der Waals surface area (Å²) >= 11 is 0. The summed E-state index contributed by atoms with van der Waals surface area (Å²) < 4.78 is 5.72. The number of carbonyl (C=O) groups excluding carboxylic acids is 2. The normalized spacial score (nSPS) is 32.8. The van der Waals surface area contributed by atoms with Crippen LogP contribution >= 0.6 is 0 Å². The van der Waals surface area contributed by atoms with Crippen molar-refractivity contribution < 1.29 is 14.3 Å². The number of hydrogen-bond donors (Lipinski definition) is 1. The third-order valence-corrected chi connectivity index (χ3v) is 3.64. The number of amides is 2. The van der Waals surface area contributed by atoms with Crippen LogP contribution in [-0.2, 0) is 14.3 Å². The fourth-order valence-electron chi connectivity index (χ4n) is 2.46. The van der Waals surface area contributed by atoms with Gasteiger partial charge in [-0.3, -0.25) is 9.59 Å². The van der Waals surface area contributed by atoms with Crippen LogP contribution in [0.25, 0.3) is 0 Å². The molecule has 2 fully saturated rings. The van der Waals surface area contributed by atoms with Gasteiger partial charge in [-0.2, -0.15) is 0 Å². The second-order valence-electron chi connectivity index (χ2n) is 5.39. The largest absolute Gasteiger partial charge is 0.373 e. The van der Waals surface area contributed by atoms with E-state index in [2.05, 4.69) is 5.32 Å². The van der Waals surface area contributed by atoms with Gasteiger partial charge in [-0.15, -0.1) is 0 Å². The molecule has 5 nitrogen and oxygen atoms in total. The van der Waals surface area contributed by atoms with E-state index in [1.54, 1.807) is 18.7 Å². The Morgan fingerprint density at radius 3 is 2.71 bits per heavy atom. The summed E-state index contributed by atoms with van der Waals surface area (Å²) in [5, 5.41) is 2.61. The molecule has 2 rings (SSSR count). The van der Waals surface area contributed by atoms with Gasteiger partial charge in [-0.05, 0) is 33.6 Å². The van der Waals surface area contributed by atoms with Crippen molar-refractivity contribution in [1.82, 2.24) is 10.2 Å². The molecule has 5 heteroatoms. The molecule has 2 saturated heterocycles. The highest BCUT2D eigenvalue weighted by Crippen LogP contribution is 2.24. The van der Waals surface area contributed by atoms with Crippen LogP contribution in [-0.4, -0.2) is 47.6 Å². The molecule has 2 aliphatic rings. The maximum Gasteiger partial charge on any atom is 0.245 e. The molecule has 0 radical (unpaired) electrons. The zero-order chi connectivity index (χ0) is 12.6. The van der Waals surface area contributed by atoms with Crippen LogP contribution < -0.4 is 5.32 Å². The second kappa shape index (κ2) is 4.29. The summed E-state index contributed by atoms with van der Waals surface area (Å²) in [5.41, 5.74) is -0.773. The minimum Gasteiger partial charge on any atom is -0.373 e. The van der Waals surface area contributed by atoms with Crippen molar-refractivity contribution in [1.29, 1.82) is 0 Å². The van der Waals surface area contributed by atoms with Gasteiger partial charge in [0.05, 0.1) is 18.8 Å².